The first-order valence-electron chi connectivity index (χ1n) is 7.75. The lowest BCUT2D eigenvalue weighted by atomic mass is 10.2. The molecule has 5 nitrogen and oxygen atoms in total. The summed E-state index contributed by atoms with van der Waals surface area (Å²) < 4.78 is 56.4. The Morgan fingerprint density at radius 2 is 1.78 bits per heavy atom. The summed E-state index contributed by atoms with van der Waals surface area (Å²) in [6.45, 7) is -0.0121. The van der Waals surface area contributed by atoms with Gasteiger partial charge in [0.05, 0.1) is 12.1 Å². The molecule has 0 bridgehead atoms. The van der Waals surface area contributed by atoms with Gasteiger partial charge in [0.1, 0.15) is 11.6 Å². The first kappa shape index (κ1) is 18.4. The zero-order chi connectivity index (χ0) is 19.4. The summed E-state index contributed by atoms with van der Waals surface area (Å²) in [5.41, 5.74) is 0.112. The molecule has 0 spiro atoms. The quantitative estimate of drug-likeness (QED) is 0.676. The number of anilines is 1. The number of carbonyl (C=O) groups excluding carboxylic acids is 1. The molecule has 0 aliphatic heterocycles. The first-order chi connectivity index (χ1) is 12.8. The van der Waals surface area contributed by atoms with E-state index in [1.54, 1.807) is 6.07 Å². The maximum absolute atomic E-state index is 13.6. The molecule has 0 aliphatic carbocycles. The van der Waals surface area contributed by atoms with Gasteiger partial charge >= 0.3 is 6.36 Å². The molecule has 1 N–H and O–H groups in total. The van der Waals surface area contributed by atoms with E-state index in [0.717, 1.165) is 6.07 Å². The Bertz CT molecular complexity index is 954. The van der Waals surface area contributed by atoms with E-state index in [-0.39, 0.29) is 29.2 Å². The van der Waals surface area contributed by atoms with Crippen molar-refractivity contribution in [3.8, 4) is 5.75 Å². The molecule has 0 atom stereocenters. The Morgan fingerprint density at radius 3 is 2.52 bits per heavy atom. The van der Waals surface area contributed by atoms with Crippen molar-refractivity contribution in [1.29, 1.82) is 0 Å². The molecule has 1 heterocycles. The van der Waals surface area contributed by atoms with Crippen LogP contribution in [0.15, 0.2) is 60.8 Å². The van der Waals surface area contributed by atoms with Crippen LogP contribution < -0.4 is 10.1 Å². The number of amides is 1. The van der Waals surface area contributed by atoms with Gasteiger partial charge in [-0.1, -0.05) is 30.3 Å². The van der Waals surface area contributed by atoms with E-state index in [1.807, 2.05) is 0 Å². The molecule has 3 rings (SSSR count). The molecular weight excluding hydrogens is 366 g/mol. The fraction of sp³-hybridized carbons (Fsp3) is 0.111. The van der Waals surface area contributed by atoms with Crippen LogP contribution in [0, 0.1) is 5.82 Å². The zero-order valence-corrected chi connectivity index (χ0v) is 13.7. The fourth-order valence-electron chi connectivity index (χ4n) is 2.38. The average molecular weight is 379 g/mol. The number of rotatable bonds is 5. The molecule has 1 aromatic heterocycles. The lowest BCUT2D eigenvalue weighted by Gasteiger charge is -2.13. The molecule has 2 aromatic carbocycles. The minimum atomic E-state index is -4.81. The highest BCUT2D eigenvalue weighted by atomic mass is 19.4. The second-order valence-electron chi connectivity index (χ2n) is 5.49. The van der Waals surface area contributed by atoms with Crippen LogP contribution in [0.1, 0.15) is 15.9 Å². The van der Waals surface area contributed by atoms with Crippen LogP contribution in [-0.4, -0.2) is 22.1 Å². The van der Waals surface area contributed by atoms with Gasteiger partial charge in [-0.15, -0.1) is 13.2 Å². The van der Waals surface area contributed by atoms with Crippen LogP contribution in [0.3, 0.4) is 0 Å². The Labute approximate surface area is 151 Å². The van der Waals surface area contributed by atoms with Gasteiger partial charge in [0.15, 0.2) is 5.82 Å². The summed E-state index contributed by atoms with van der Waals surface area (Å²) in [4.78, 5) is 12.1. The molecule has 0 aliphatic rings. The Morgan fingerprint density at radius 1 is 1.07 bits per heavy atom. The molecule has 3 aromatic rings. The van der Waals surface area contributed by atoms with Gasteiger partial charge in [0.25, 0.3) is 5.91 Å². The monoisotopic (exact) mass is 379 g/mol. The van der Waals surface area contributed by atoms with Gasteiger partial charge in [-0.3, -0.25) is 9.48 Å². The van der Waals surface area contributed by atoms with E-state index in [2.05, 4.69) is 15.2 Å². The second-order valence-corrected chi connectivity index (χ2v) is 5.49. The Kier molecular flexibility index (Phi) is 5.11. The van der Waals surface area contributed by atoms with Crippen LogP contribution in [0.2, 0.25) is 0 Å². The predicted molar refractivity (Wildman–Crippen MR) is 88.8 cm³/mol. The molecule has 0 unspecified atom stereocenters. The first-order valence-corrected chi connectivity index (χ1v) is 7.75. The third-order valence-electron chi connectivity index (χ3n) is 3.53. The van der Waals surface area contributed by atoms with E-state index in [4.69, 9.17) is 0 Å². The van der Waals surface area contributed by atoms with E-state index in [0.29, 0.717) is 0 Å². The lowest BCUT2D eigenvalue weighted by molar-refractivity contribution is -0.274. The summed E-state index contributed by atoms with van der Waals surface area (Å²) in [6.07, 6.45) is -3.33. The maximum atomic E-state index is 13.6. The number of nitrogens with one attached hydrogen (secondary N) is 1. The number of ether oxygens (including phenoxy) is 1. The summed E-state index contributed by atoms with van der Waals surface area (Å²) in [5, 5.41) is 6.50. The molecule has 0 radical (unpaired) electrons. The SMILES string of the molecule is O=C(Nc1ccn(Cc2ccccc2OC(F)(F)F)n1)c1ccccc1F. The van der Waals surface area contributed by atoms with Gasteiger partial charge in [-0.2, -0.15) is 5.10 Å². The summed E-state index contributed by atoms with van der Waals surface area (Å²) >= 11 is 0. The van der Waals surface area contributed by atoms with Crippen LogP contribution >= 0.6 is 0 Å². The molecule has 27 heavy (non-hydrogen) atoms. The summed E-state index contributed by atoms with van der Waals surface area (Å²) in [5.74, 6) is -1.55. The van der Waals surface area contributed by atoms with Gasteiger partial charge in [-0.05, 0) is 18.2 Å². The highest BCUT2D eigenvalue weighted by Crippen LogP contribution is 2.26. The van der Waals surface area contributed by atoms with Crippen LogP contribution in [-0.2, 0) is 6.54 Å². The molecular formula is C18H13F4N3O2. The zero-order valence-electron chi connectivity index (χ0n) is 13.7. The van der Waals surface area contributed by atoms with E-state index in [9.17, 15) is 22.4 Å². The third kappa shape index (κ3) is 4.84. The molecule has 1 amide bonds. The van der Waals surface area contributed by atoms with Gasteiger partial charge in [0.2, 0.25) is 0 Å². The average Bonchev–Trinajstić information content (AvgIpc) is 3.02. The normalized spacial score (nSPS) is 11.3. The molecule has 140 valence electrons. The number of nitrogens with zero attached hydrogens (tertiary/aromatic N) is 2. The van der Waals surface area contributed by atoms with Crippen LogP contribution in [0.5, 0.6) is 5.75 Å². The molecule has 9 heteroatoms. The number of hydrogen-bond donors (Lipinski definition) is 1. The number of benzene rings is 2. The minimum absolute atomic E-state index is 0.0121. The van der Waals surface area contributed by atoms with E-state index in [1.165, 1.54) is 53.3 Å². The van der Waals surface area contributed by atoms with Crippen molar-refractivity contribution in [3.05, 3.63) is 77.7 Å². The van der Waals surface area contributed by atoms with Crippen LogP contribution in [0.4, 0.5) is 23.4 Å². The molecule has 0 fully saturated rings. The number of para-hydroxylation sites is 1. The maximum Gasteiger partial charge on any atom is 0.573 e. The molecule has 0 saturated heterocycles. The highest BCUT2D eigenvalue weighted by molar-refractivity contribution is 6.03. The largest absolute Gasteiger partial charge is 0.573 e. The standard InChI is InChI=1S/C18H13F4N3O2/c19-14-7-3-2-6-13(14)17(26)23-16-9-10-25(24-16)11-12-5-1-4-8-15(12)27-18(20,21)22/h1-10H,11H2,(H,23,24,26). The van der Waals surface area contributed by atoms with E-state index < -0.39 is 18.1 Å². The predicted octanol–water partition coefficient (Wildman–Crippen LogP) is 4.22. The van der Waals surface area contributed by atoms with Gasteiger partial charge in [0, 0.05) is 17.8 Å². The Hall–Kier alpha value is -3.36. The Balaban J connectivity index is 1.72. The number of alkyl halides is 3. The van der Waals surface area contributed by atoms with Gasteiger partial charge < -0.3 is 10.1 Å². The van der Waals surface area contributed by atoms with Crippen molar-refractivity contribution < 1.29 is 27.1 Å². The third-order valence-corrected chi connectivity index (χ3v) is 3.53. The second kappa shape index (κ2) is 7.48. The number of carbonyl (C=O) groups is 1. The van der Waals surface area contributed by atoms with Crippen molar-refractivity contribution in [1.82, 2.24) is 9.78 Å². The molecule has 0 saturated carbocycles. The highest BCUT2D eigenvalue weighted by Gasteiger charge is 2.32. The number of halogens is 4. The lowest BCUT2D eigenvalue weighted by Crippen LogP contribution is -2.18. The van der Waals surface area contributed by atoms with Crippen molar-refractivity contribution in [2.24, 2.45) is 0 Å². The van der Waals surface area contributed by atoms with Crippen molar-refractivity contribution in [2.45, 2.75) is 12.9 Å². The number of hydrogen-bond acceptors (Lipinski definition) is 3. The summed E-state index contributed by atoms with van der Waals surface area (Å²) in [6, 6.07) is 12.6. The van der Waals surface area contributed by atoms with Crippen molar-refractivity contribution >= 4 is 11.7 Å². The van der Waals surface area contributed by atoms with Crippen molar-refractivity contribution in [2.75, 3.05) is 5.32 Å². The van der Waals surface area contributed by atoms with E-state index >= 15 is 0 Å². The smallest absolute Gasteiger partial charge is 0.405 e. The van der Waals surface area contributed by atoms with Gasteiger partial charge in [-0.25, -0.2) is 4.39 Å². The number of aromatic nitrogens is 2. The fourth-order valence-corrected chi connectivity index (χ4v) is 2.38. The van der Waals surface area contributed by atoms with Crippen LogP contribution in [0.25, 0.3) is 0 Å². The topological polar surface area (TPSA) is 56.2 Å². The minimum Gasteiger partial charge on any atom is -0.405 e. The van der Waals surface area contributed by atoms with Crippen molar-refractivity contribution in [3.63, 3.8) is 0 Å². The summed E-state index contributed by atoms with van der Waals surface area (Å²) in [7, 11) is 0.